The quantitative estimate of drug-likeness (QED) is 0.770. The van der Waals surface area contributed by atoms with Crippen LogP contribution in [0.15, 0.2) is 0 Å². The molecular formula is C8H11F3N2O4. The van der Waals surface area contributed by atoms with Crippen molar-refractivity contribution in [3.8, 4) is 0 Å². The SMILES string of the molecule is CN(CC(F)(F)F)C(=O)NC(=O)CCC(=O)O. The molecular weight excluding hydrogens is 245 g/mol. The zero-order valence-corrected chi connectivity index (χ0v) is 8.87. The van der Waals surface area contributed by atoms with Gasteiger partial charge in [-0.15, -0.1) is 0 Å². The second-order valence-corrected chi connectivity index (χ2v) is 3.22. The summed E-state index contributed by atoms with van der Waals surface area (Å²) in [7, 11) is 0.868. The molecule has 6 nitrogen and oxygen atoms in total. The lowest BCUT2D eigenvalue weighted by Crippen LogP contribution is -2.44. The summed E-state index contributed by atoms with van der Waals surface area (Å²) in [6.45, 7) is -1.49. The number of hydrogen-bond donors (Lipinski definition) is 2. The van der Waals surface area contributed by atoms with Gasteiger partial charge in [0.25, 0.3) is 0 Å². The zero-order valence-electron chi connectivity index (χ0n) is 8.87. The molecule has 0 radical (unpaired) electrons. The number of carbonyl (C=O) groups is 3. The molecule has 0 rings (SSSR count). The predicted molar refractivity (Wildman–Crippen MR) is 49.1 cm³/mol. The largest absolute Gasteiger partial charge is 0.481 e. The fourth-order valence-corrected chi connectivity index (χ4v) is 0.838. The Morgan fingerprint density at radius 3 is 2.18 bits per heavy atom. The van der Waals surface area contributed by atoms with Crippen LogP contribution in [0.3, 0.4) is 0 Å². The maximum atomic E-state index is 11.9. The van der Waals surface area contributed by atoms with E-state index in [0.29, 0.717) is 0 Å². The number of carboxylic acid groups (broad SMARTS) is 1. The number of aliphatic carboxylic acids is 1. The summed E-state index contributed by atoms with van der Waals surface area (Å²) in [5.41, 5.74) is 0. The summed E-state index contributed by atoms with van der Waals surface area (Å²) in [4.78, 5) is 32.3. The van der Waals surface area contributed by atoms with Crippen LogP contribution in [0.5, 0.6) is 0 Å². The number of amides is 3. The van der Waals surface area contributed by atoms with Crippen LogP contribution >= 0.6 is 0 Å². The van der Waals surface area contributed by atoms with Crippen LogP contribution in [0.4, 0.5) is 18.0 Å². The second-order valence-electron chi connectivity index (χ2n) is 3.22. The Hall–Kier alpha value is -1.80. The molecule has 9 heteroatoms. The van der Waals surface area contributed by atoms with E-state index < -0.39 is 43.5 Å². The fourth-order valence-electron chi connectivity index (χ4n) is 0.838. The topological polar surface area (TPSA) is 86.7 Å². The van der Waals surface area contributed by atoms with Crippen LogP contribution in [0.2, 0.25) is 0 Å². The third kappa shape index (κ3) is 8.05. The first-order chi connectivity index (χ1) is 7.61. The minimum absolute atomic E-state index is 0.276. The summed E-state index contributed by atoms with van der Waals surface area (Å²) < 4.78 is 35.6. The summed E-state index contributed by atoms with van der Waals surface area (Å²) in [6.07, 6.45) is -5.53. The van der Waals surface area contributed by atoms with Gasteiger partial charge in [0.05, 0.1) is 6.42 Å². The molecule has 0 aliphatic heterocycles. The molecule has 0 saturated heterocycles. The molecule has 0 aromatic carbocycles. The molecule has 0 unspecified atom stereocenters. The van der Waals surface area contributed by atoms with Crippen LogP contribution in [0.1, 0.15) is 12.8 Å². The number of imide groups is 1. The van der Waals surface area contributed by atoms with E-state index in [1.54, 1.807) is 5.32 Å². The molecule has 0 fully saturated rings. The first-order valence-electron chi connectivity index (χ1n) is 4.45. The maximum absolute atomic E-state index is 11.9. The van der Waals surface area contributed by atoms with E-state index in [0.717, 1.165) is 7.05 Å². The van der Waals surface area contributed by atoms with Crippen molar-refractivity contribution in [1.82, 2.24) is 10.2 Å². The molecule has 98 valence electrons. The van der Waals surface area contributed by atoms with Crippen molar-refractivity contribution < 1.29 is 32.7 Å². The van der Waals surface area contributed by atoms with Gasteiger partial charge in [0.1, 0.15) is 6.54 Å². The smallest absolute Gasteiger partial charge is 0.406 e. The highest BCUT2D eigenvalue weighted by Gasteiger charge is 2.31. The van der Waals surface area contributed by atoms with E-state index in [-0.39, 0.29) is 4.90 Å². The number of rotatable bonds is 4. The lowest BCUT2D eigenvalue weighted by molar-refractivity contribution is -0.139. The van der Waals surface area contributed by atoms with Crippen molar-refractivity contribution in [3.05, 3.63) is 0 Å². The van der Waals surface area contributed by atoms with Gasteiger partial charge in [-0.2, -0.15) is 13.2 Å². The molecule has 3 amide bonds. The minimum Gasteiger partial charge on any atom is -0.481 e. The molecule has 0 aromatic heterocycles. The van der Waals surface area contributed by atoms with Gasteiger partial charge in [-0.25, -0.2) is 4.79 Å². The predicted octanol–water partition coefficient (Wildman–Crippen LogP) is 0.581. The second kappa shape index (κ2) is 6.06. The molecule has 17 heavy (non-hydrogen) atoms. The number of hydrogen-bond acceptors (Lipinski definition) is 3. The average molecular weight is 256 g/mol. The highest BCUT2D eigenvalue weighted by Crippen LogP contribution is 2.15. The Balaban J connectivity index is 4.08. The number of halogens is 3. The standard InChI is InChI=1S/C8H11F3N2O4/c1-13(4-8(9,10)11)7(17)12-5(14)2-3-6(15)16/h2-4H2,1H3,(H,15,16)(H,12,14,17). The molecule has 0 spiro atoms. The Morgan fingerprint density at radius 1 is 1.24 bits per heavy atom. The molecule has 0 aliphatic carbocycles. The highest BCUT2D eigenvalue weighted by molar-refractivity contribution is 5.95. The van der Waals surface area contributed by atoms with Crippen LogP contribution in [0.25, 0.3) is 0 Å². The summed E-state index contributed by atoms with van der Waals surface area (Å²) in [6, 6.07) is -1.22. The van der Waals surface area contributed by atoms with Gasteiger partial charge in [0.2, 0.25) is 5.91 Å². The molecule has 2 N–H and O–H groups in total. The minimum atomic E-state index is -4.56. The van der Waals surface area contributed by atoms with Crippen LogP contribution < -0.4 is 5.32 Å². The van der Waals surface area contributed by atoms with E-state index in [4.69, 9.17) is 5.11 Å². The first kappa shape index (κ1) is 15.2. The van der Waals surface area contributed by atoms with E-state index in [1.165, 1.54) is 0 Å². The van der Waals surface area contributed by atoms with Gasteiger partial charge < -0.3 is 10.0 Å². The fraction of sp³-hybridized carbons (Fsp3) is 0.625. The van der Waals surface area contributed by atoms with Gasteiger partial charge in [0.15, 0.2) is 0 Å². The van der Waals surface area contributed by atoms with Gasteiger partial charge in [0, 0.05) is 13.5 Å². The summed E-state index contributed by atoms with van der Waals surface area (Å²) in [5.74, 6) is -2.18. The molecule has 0 heterocycles. The van der Waals surface area contributed by atoms with Crippen molar-refractivity contribution in [2.75, 3.05) is 13.6 Å². The highest BCUT2D eigenvalue weighted by atomic mass is 19.4. The third-order valence-corrected chi connectivity index (χ3v) is 1.58. The van der Waals surface area contributed by atoms with Crippen LogP contribution in [0, 0.1) is 0 Å². The summed E-state index contributed by atoms with van der Waals surface area (Å²) in [5, 5.41) is 9.88. The average Bonchev–Trinajstić information content (AvgIpc) is 2.11. The van der Waals surface area contributed by atoms with Gasteiger partial charge >= 0.3 is 18.2 Å². The van der Waals surface area contributed by atoms with E-state index in [2.05, 4.69) is 0 Å². The van der Waals surface area contributed by atoms with Crippen molar-refractivity contribution in [2.45, 2.75) is 19.0 Å². The lowest BCUT2D eigenvalue weighted by Gasteiger charge is -2.18. The maximum Gasteiger partial charge on any atom is 0.406 e. The van der Waals surface area contributed by atoms with Crippen molar-refractivity contribution in [2.24, 2.45) is 0 Å². The van der Waals surface area contributed by atoms with Crippen molar-refractivity contribution >= 4 is 17.9 Å². The van der Waals surface area contributed by atoms with Gasteiger partial charge in [-0.3, -0.25) is 14.9 Å². The number of nitrogens with one attached hydrogen (secondary N) is 1. The lowest BCUT2D eigenvalue weighted by atomic mass is 10.3. The number of carboxylic acids is 1. The van der Waals surface area contributed by atoms with Crippen LogP contribution in [-0.2, 0) is 9.59 Å². The third-order valence-electron chi connectivity index (χ3n) is 1.58. The normalized spacial score (nSPS) is 10.8. The van der Waals surface area contributed by atoms with Gasteiger partial charge in [-0.05, 0) is 0 Å². The number of nitrogens with zero attached hydrogens (tertiary/aromatic N) is 1. The van der Waals surface area contributed by atoms with Crippen molar-refractivity contribution in [1.29, 1.82) is 0 Å². The monoisotopic (exact) mass is 256 g/mol. The van der Waals surface area contributed by atoms with E-state index in [1.807, 2.05) is 0 Å². The van der Waals surface area contributed by atoms with Crippen molar-refractivity contribution in [3.63, 3.8) is 0 Å². The Morgan fingerprint density at radius 2 is 1.76 bits per heavy atom. The van der Waals surface area contributed by atoms with E-state index >= 15 is 0 Å². The first-order valence-corrected chi connectivity index (χ1v) is 4.45. The molecule has 0 saturated carbocycles. The molecule has 0 aliphatic rings. The Labute approximate surface area is 94.4 Å². The number of alkyl halides is 3. The molecule has 0 atom stereocenters. The zero-order chi connectivity index (χ0) is 13.6. The number of urea groups is 1. The molecule has 0 aromatic rings. The number of carbonyl (C=O) groups excluding carboxylic acids is 2. The van der Waals surface area contributed by atoms with E-state index in [9.17, 15) is 27.6 Å². The Kier molecular flexibility index (Phi) is 5.42. The van der Waals surface area contributed by atoms with Gasteiger partial charge in [-0.1, -0.05) is 0 Å². The molecule has 0 bridgehead atoms. The summed E-state index contributed by atoms with van der Waals surface area (Å²) >= 11 is 0. The Bertz CT molecular complexity index is 316. The van der Waals surface area contributed by atoms with Crippen LogP contribution in [-0.4, -0.2) is 47.7 Å².